The highest BCUT2D eigenvalue weighted by Crippen LogP contribution is 2.24. The molecule has 2 heterocycles. The standard InChI is InChI=1S/C18H15ClN2O2/c19-14-8-6-13(7-9-14)15(16-4-1-2-10-20-16)12-21-18(22)17-5-3-11-23-17/h1-11,15H,12H2,(H,21,22). The molecule has 0 bridgehead atoms. The highest BCUT2D eigenvalue weighted by atomic mass is 35.5. The Morgan fingerprint density at radius 3 is 2.61 bits per heavy atom. The molecule has 3 rings (SSSR count). The molecule has 1 aromatic carbocycles. The van der Waals surface area contributed by atoms with Crippen LogP contribution in [-0.4, -0.2) is 17.4 Å². The molecule has 0 aliphatic heterocycles. The zero-order valence-electron chi connectivity index (χ0n) is 12.3. The number of halogens is 1. The number of hydrogen-bond acceptors (Lipinski definition) is 3. The lowest BCUT2D eigenvalue weighted by Gasteiger charge is -2.17. The van der Waals surface area contributed by atoms with Crippen LogP contribution < -0.4 is 5.32 Å². The first kappa shape index (κ1) is 15.3. The molecule has 1 amide bonds. The van der Waals surface area contributed by atoms with Gasteiger partial charge in [0.25, 0.3) is 5.91 Å². The maximum Gasteiger partial charge on any atom is 0.287 e. The normalized spacial score (nSPS) is 11.9. The first-order valence-electron chi connectivity index (χ1n) is 7.22. The van der Waals surface area contributed by atoms with E-state index in [1.165, 1.54) is 6.26 Å². The molecule has 0 saturated heterocycles. The summed E-state index contributed by atoms with van der Waals surface area (Å²) in [5.74, 6) is -0.0156. The number of rotatable bonds is 5. The van der Waals surface area contributed by atoms with Crippen LogP contribution in [0.4, 0.5) is 0 Å². The second-order valence-electron chi connectivity index (χ2n) is 5.05. The molecular weight excluding hydrogens is 312 g/mol. The van der Waals surface area contributed by atoms with Crippen molar-refractivity contribution in [3.05, 3.63) is 89.1 Å². The average molecular weight is 327 g/mol. The van der Waals surface area contributed by atoms with Gasteiger partial charge in [0.05, 0.1) is 6.26 Å². The molecule has 3 aromatic rings. The number of nitrogens with zero attached hydrogens (tertiary/aromatic N) is 1. The van der Waals surface area contributed by atoms with Crippen molar-refractivity contribution in [3.8, 4) is 0 Å². The third kappa shape index (κ3) is 3.79. The number of nitrogens with one attached hydrogen (secondary N) is 1. The number of carbonyl (C=O) groups is 1. The van der Waals surface area contributed by atoms with Gasteiger partial charge in [-0.05, 0) is 42.0 Å². The lowest BCUT2D eigenvalue weighted by Crippen LogP contribution is -2.29. The van der Waals surface area contributed by atoms with Crippen molar-refractivity contribution in [2.75, 3.05) is 6.54 Å². The summed E-state index contributed by atoms with van der Waals surface area (Å²) in [6, 6.07) is 16.6. The summed E-state index contributed by atoms with van der Waals surface area (Å²) in [6.45, 7) is 0.415. The minimum absolute atomic E-state index is 0.0626. The van der Waals surface area contributed by atoms with Crippen LogP contribution in [0.1, 0.15) is 27.7 Å². The lowest BCUT2D eigenvalue weighted by atomic mass is 9.95. The zero-order valence-corrected chi connectivity index (χ0v) is 13.0. The predicted octanol–water partition coefficient (Wildman–Crippen LogP) is 3.89. The van der Waals surface area contributed by atoms with Crippen molar-refractivity contribution >= 4 is 17.5 Å². The van der Waals surface area contributed by atoms with Gasteiger partial charge in [0.15, 0.2) is 5.76 Å². The quantitative estimate of drug-likeness (QED) is 0.774. The van der Waals surface area contributed by atoms with E-state index in [2.05, 4.69) is 10.3 Å². The summed E-state index contributed by atoms with van der Waals surface area (Å²) in [5, 5.41) is 3.57. The molecule has 1 atom stereocenters. The number of pyridine rings is 1. The average Bonchev–Trinajstić information content (AvgIpc) is 3.12. The van der Waals surface area contributed by atoms with Crippen LogP contribution in [-0.2, 0) is 0 Å². The fourth-order valence-electron chi connectivity index (χ4n) is 2.36. The van der Waals surface area contributed by atoms with Crippen molar-refractivity contribution < 1.29 is 9.21 Å². The van der Waals surface area contributed by atoms with E-state index in [0.29, 0.717) is 17.3 Å². The van der Waals surface area contributed by atoms with E-state index in [1.54, 1.807) is 18.3 Å². The Balaban J connectivity index is 1.81. The Morgan fingerprint density at radius 2 is 1.96 bits per heavy atom. The summed E-state index contributed by atoms with van der Waals surface area (Å²) in [7, 11) is 0. The van der Waals surface area contributed by atoms with Crippen molar-refractivity contribution in [1.82, 2.24) is 10.3 Å². The minimum atomic E-state index is -0.245. The lowest BCUT2D eigenvalue weighted by molar-refractivity contribution is 0.0924. The van der Waals surface area contributed by atoms with Gasteiger partial charge in [-0.15, -0.1) is 0 Å². The molecule has 0 spiro atoms. The predicted molar refractivity (Wildman–Crippen MR) is 88.6 cm³/mol. The van der Waals surface area contributed by atoms with Gasteiger partial charge in [0.2, 0.25) is 0 Å². The largest absolute Gasteiger partial charge is 0.459 e. The van der Waals surface area contributed by atoms with Gasteiger partial charge in [0, 0.05) is 29.4 Å². The molecule has 2 aromatic heterocycles. The summed E-state index contributed by atoms with van der Waals surface area (Å²) >= 11 is 5.96. The van der Waals surface area contributed by atoms with Crippen molar-refractivity contribution in [3.63, 3.8) is 0 Å². The topological polar surface area (TPSA) is 55.1 Å². The maximum atomic E-state index is 12.1. The number of benzene rings is 1. The highest BCUT2D eigenvalue weighted by molar-refractivity contribution is 6.30. The van der Waals surface area contributed by atoms with Gasteiger partial charge in [-0.3, -0.25) is 9.78 Å². The van der Waals surface area contributed by atoms with E-state index in [4.69, 9.17) is 16.0 Å². The molecule has 0 radical (unpaired) electrons. The van der Waals surface area contributed by atoms with Crippen LogP contribution in [0.3, 0.4) is 0 Å². The highest BCUT2D eigenvalue weighted by Gasteiger charge is 2.18. The van der Waals surface area contributed by atoms with Gasteiger partial charge in [-0.1, -0.05) is 29.8 Å². The molecule has 1 unspecified atom stereocenters. The molecule has 0 aliphatic carbocycles. The summed E-state index contributed by atoms with van der Waals surface area (Å²) in [6.07, 6.45) is 3.22. The minimum Gasteiger partial charge on any atom is -0.459 e. The van der Waals surface area contributed by atoms with Crippen molar-refractivity contribution in [2.45, 2.75) is 5.92 Å². The van der Waals surface area contributed by atoms with E-state index in [0.717, 1.165) is 11.3 Å². The molecule has 23 heavy (non-hydrogen) atoms. The second-order valence-corrected chi connectivity index (χ2v) is 5.48. The molecule has 1 N–H and O–H groups in total. The Bertz CT molecular complexity index is 755. The maximum absolute atomic E-state index is 12.1. The summed E-state index contributed by atoms with van der Waals surface area (Å²) in [4.78, 5) is 16.5. The Morgan fingerprint density at radius 1 is 1.13 bits per heavy atom. The first-order valence-corrected chi connectivity index (χ1v) is 7.60. The van der Waals surface area contributed by atoms with Crippen molar-refractivity contribution in [2.24, 2.45) is 0 Å². The van der Waals surface area contributed by atoms with Gasteiger partial charge >= 0.3 is 0 Å². The SMILES string of the molecule is O=C(NCC(c1ccc(Cl)cc1)c1ccccn1)c1ccco1. The Kier molecular flexibility index (Phi) is 4.74. The Hall–Kier alpha value is -2.59. The number of carbonyl (C=O) groups excluding carboxylic acids is 1. The smallest absolute Gasteiger partial charge is 0.287 e. The fraction of sp³-hybridized carbons (Fsp3) is 0.111. The van der Waals surface area contributed by atoms with Gasteiger partial charge < -0.3 is 9.73 Å². The van der Waals surface area contributed by atoms with E-state index in [1.807, 2.05) is 42.5 Å². The third-order valence-electron chi connectivity index (χ3n) is 3.53. The van der Waals surface area contributed by atoms with Gasteiger partial charge in [0.1, 0.15) is 0 Å². The molecular formula is C18H15ClN2O2. The molecule has 0 aliphatic rings. The third-order valence-corrected chi connectivity index (χ3v) is 3.78. The molecule has 0 saturated carbocycles. The first-order chi connectivity index (χ1) is 11.2. The van der Waals surface area contributed by atoms with E-state index in [9.17, 15) is 4.79 Å². The monoisotopic (exact) mass is 326 g/mol. The number of aromatic nitrogens is 1. The molecule has 0 fully saturated rings. The molecule has 5 heteroatoms. The number of furan rings is 1. The molecule has 4 nitrogen and oxygen atoms in total. The van der Waals surface area contributed by atoms with Gasteiger partial charge in [-0.2, -0.15) is 0 Å². The van der Waals surface area contributed by atoms with E-state index >= 15 is 0 Å². The fourth-order valence-corrected chi connectivity index (χ4v) is 2.49. The van der Waals surface area contributed by atoms with Crippen LogP contribution in [0.15, 0.2) is 71.5 Å². The van der Waals surface area contributed by atoms with Crippen LogP contribution in [0.2, 0.25) is 5.02 Å². The van der Waals surface area contributed by atoms with Crippen LogP contribution in [0.25, 0.3) is 0 Å². The number of hydrogen-bond donors (Lipinski definition) is 1. The van der Waals surface area contributed by atoms with E-state index in [-0.39, 0.29) is 11.8 Å². The van der Waals surface area contributed by atoms with Crippen LogP contribution in [0, 0.1) is 0 Å². The summed E-state index contributed by atoms with van der Waals surface area (Å²) < 4.78 is 5.11. The number of amides is 1. The van der Waals surface area contributed by atoms with E-state index < -0.39 is 0 Å². The second kappa shape index (κ2) is 7.11. The van der Waals surface area contributed by atoms with Crippen LogP contribution in [0.5, 0.6) is 0 Å². The van der Waals surface area contributed by atoms with Crippen molar-refractivity contribution in [1.29, 1.82) is 0 Å². The zero-order chi connectivity index (χ0) is 16.1. The Labute approximate surface area is 139 Å². The van der Waals surface area contributed by atoms with Gasteiger partial charge in [-0.25, -0.2) is 0 Å². The molecule has 116 valence electrons. The summed E-state index contributed by atoms with van der Waals surface area (Å²) in [5.41, 5.74) is 1.92. The van der Waals surface area contributed by atoms with Crippen LogP contribution >= 0.6 is 11.6 Å².